The average Bonchev–Trinajstić information content (AvgIpc) is 2.64. The Kier molecular flexibility index (Phi) is 5.40. The number of hydrogen-bond donors (Lipinski definition) is 0. The molecule has 0 bridgehead atoms. The molecule has 0 spiro atoms. The first-order valence-corrected chi connectivity index (χ1v) is 8.19. The Morgan fingerprint density at radius 2 is 1.78 bits per heavy atom. The molecule has 2 unspecified atom stereocenters. The molecule has 1 aliphatic carbocycles. The van der Waals surface area contributed by atoms with Crippen LogP contribution in [0.2, 0.25) is 0 Å². The van der Waals surface area contributed by atoms with Crippen LogP contribution in [0.5, 0.6) is 0 Å². The van der Waals surface area contributed by atoms with Gasteiger partial charge in [-0.05, 0) is 24.7 Å². The molecule has 0 saturated heterocycles. The molecule has 0 aromatic carbocycles. The zero-order valence-corrected chi connectivity index (χ0v) is 12.6. The quantitative estimate of drug-likeness (QED) is 0.666. The van der Waals surface area contributed by atoms with Crippen molar-refractivity contribution < 1.29 is 19.8 Å². The van der Waals surface area contributed by atoms with E-state index in [9.17, 15) is 9.36 Å². The molecule has 106 valence electrons. The van der Waals surface area contributed by atoms with Crippen molar-refractivity contribution in [2.75, 3.05) is 13.2 Å². The van der Waals surface area contributed by atoms with Crippen LogP contribution in [0.15, 0.2) is 0 Å². The molecular formula is C13H25O4P. The van der Waals surface area contributed by atoms with Crippen LogP contribution in [-0.2, 0) is 18.4 Å². The summed E-state index contributed by atoms with van der Waals surface area (Å²) in [5, 5.41) is 0. The van der Waals surface area contributed by atoms with E-state index < -0.39 is 19.7 Å². The van der Waals surface area contributed by atoms with Crippen molar-refractivity contribution in [2.45, 2.75) is 52.6 Å². The summed E-state index contributed by atoms with van der Waals surface area (Å²) in [7, 11) is -3.44. The van der Waals surface area contributed by atoms with E-state index in [0.29, 0.717) is 13.2 Å². The molecular weight excluding hydrogens is 251 g/mol. The van der Waals surface area contributed by atoms with E-state index in [-0.39, 0.29) is 30.5 Å². The van der Waals surface area contributed by atoms with Crippen molar-refractivity contribution in [1.29, 1.82) is 0 Å². The standard InChI is InChI=1S/C13H25O4P/c1-10(2)8-16-18(15,17-9-11(3)4)13-7-5-6-12(13)14/h10-11,13H,5-9H2,1-4H3/i5D. The third kappa shape index (κ3) is 4.49. The highest BCUT2D eigenvalue weighted by atomic mass is 31.2. The van der Waals surface area contributed by atoms with Crippen LogP contribution in [-0.4, -0.2) is 24.7 Å². The lowest BCUT2D eigenvalue weighted by atomic mass is 10.2. The van der Waals surface area contributed by atoms with E-state index >= 15 is 0 Å². The monoisotopic (exact) mass is 277 g/mol. The Morgan fingerprint density at radius 1 is 1.28 bits per heavy atom. The van der Waals surface area contributed by atoms with Gasteiger partial charge in [0.05, 0.1) is 13.2 Å². The summed E-state index contributed by atoms with van der Waals surface area (Å²) in [5.41, 5.74) is -0.743. The van der Waals surface area contributed by atoms with Gasteiger partial charge in [0, 0.05) is 7.79 Å². The first kappa shape index (κ1) is 14.2. The lowest BCUT2D eigenvalue weighted by molar-refractivity contribution is -0.117. The molecule has 1 saturated carbocycles. The molecule has 4 nitrogen and oxygen atoms in total. The van der Waals surface area contributed by atoms with E-state index in [0.717, 1.165) is 0 Å². The molecule has 0 aliphatic heterocycles. The molecule has 0 aromatic rings. The molecule has 0 N–H and O–H groups in total. The molecule has 5 heteroatoms. The van der Waals surface area contributed by atoms with Gasteiger partial charge in [0.1, 0.15) is 11.4 Å². The van der Waals surface area contributed by atoms with Crippen LogP contribution in [0.3, 0.4) is 0 Å². The zero-order chi connectivity index (χ0) is 14.6. The lowest BCUT2D eigenvalue weighted by Crippen LogP contribution is -2.20. The summed E-state index contributed by atoms with van der Waals surface area (Å²) >= 11 is 0. The largest absolute Gasteiger partial charge is 0.341 e. The first-order valence-electron chi connectivity index (χ1n) is 7.16. The van der Waals surface area contributed by atoms with Gasteiger partial charge in [0.2, 0.25) is 0 Å². The number of hydrogen-bond acceptors (Lipinski definition) is 4. The molecule has 18 heavy (non-hydrogen) atoms. The highest BCUT2D eigenvalue weighted by Gasteiger charge is 2.43. The van der Waals surface area contributed by atoms with Crippen LogP contribution in [0, 0.1) is 11.8 Å². The van der Waals surface area contributed by atoms with Crippen molar-refractivity contribution in [2.24, 2.45) is 11.8 Å². The fourth-order valence-corrected chi connectivity index (χ4v) is 3.99. The Balaban J connectivity index is 2.78. The molecule has 1 aliphatic rings. The van der Waals surface area contributed by atoms with E-state index in [1.807, 2.05) is 27.7 Å². The van der Waals surface area contributed by atoms with E-state index in [1.54, 1.807) is 0 Å². The predicted octanol–water partition coefficient (Wildman–Crippen LogP) is 3.65. The van der Waals surface area contributed by atoms with Gasteiger partial charge in [-0.25, -0.2) is 0 Å². The molecule has 2 atom stereocenters. The van der Waals surface area contributed by atoms with Gasteiger partial charge in [-0.1, -0.05) is 27.7 Å². The predicted molar refractivity (Wildman–Crippen MR) is 71.8 cm³/mol. The van der Waals surface area contributed by atoms with Gasteiger partial charge < -0.3 is 9.05 Å². The zero-order valence-electron chi connectivity index (χ0n) is 12.7. The fourth-order valence-electron chi connectivity index (χ4n) is 1.68. The minimum Gasteiger partial charge on any atom is -0.308 e. The second kappa shape index (κ2) is 6.83. The van der Waals surface area contributed by atoms with Crippen LogP contribution in [0.4, 0.5) is 0 Å². The van der Waals surface area contributed by atoms with E-state index in [4.69, 9.17) is 10.4 Å². The Bertz CT molecular complexity index is 341. The van der Waals surface area contributed by atoms with Gasteiger partial charge in [0.25, 0.3) is 0 Å². The number of carbonyl (C=O) groups excluding carboxylic acids is 1. The SMILES string of the molecule is [2H]C1CC(=O)C(P(=O)(OCC(C)C)OCC(C)C)C1. The maximum absolute atomic E-state index is 12.8. The molecule has 0 aromatic heterocycles. The van der Waals surface area contributed by atoms with Crippen LogP contribution in [0.25, 0.3) is 0 Å². The number of Topliss-reactive ketones (excluding diaryl/α,β-unsaturated/α-hetero) is 1. The minimum absolute atomic E-state index is 0.157. The topological polar surface area (TPSA) is 52.6 Å². The third-order valence-electron chi connectivity index (χ3n) is 2.66. The van der Waals surface area contributed by atoms with Crippen LogP contribution in [0.1, 0.15) is 48.3 Å². The van der Waals surface area contributed by atoms with Gasteiger partial charge in [-0.3, -0.25) is 9.36 Å². The molecule has 0 amide bonds. The van der Waals surface area contributed by atoms with Gasteiger partial charge >= 0.3 is 7.60 Å². The smallest absolute Gasteiger partial charge is 0.308 e. The van der Waals surface area contributed by atoms with E-state index in [1.165, 1.54) is 0 Å². The summed E-state index contributed by atoms with van der Waals surface area (Å²) < 4.78 is 31.4. The van der Waals surface area contributed by atoms with Crippen molar-refractivity contribution in [3.05, 3.63) is 0 Å². The number of carbonyl (C=O) groups is 1. The van der Waals surface area contributed by atoms with Crippen LogP contribution >= 0.6 is 7.60 Å². The molecule has 0 heterocycles. The fraction of sp³-hybridized carbons (Fsp3) is 0.923. The van der Waals surface area contributed by atoms with Crippen molar-refractivity contribution >= 4 is 13.4 Å². The van der Waals surface area contributed by atoms with Gasteiger partial charge in [0.15, 0.2) is 0 Å². The number of ketones is 1. The highest BCUT2D eigenvalue weighted by Crippen LogP contribution is 2.57. The minimum atomic E-state index is -3.44. The third-order valence-corrected chi connectivity index (χ3v) is 4.94. The van der Waals surface area contributed by atoms with Gasteiger partial charge in [-0.15, -0.1) is 0 Å². The summed E-state index contributed by atoms with van der Waals surface area (Å²) in [4.78, 5) is 11.9. The average molecular weight is 277 g/mol. The molecule has 1 fully saturated rings. The van der Waals surface area contributed by atoms with Crippen LogP contribution < -0.4 is 0 Å². The Hall–Kier alpha value is -0.180. The first-order chi connectivity index (χ1) is 8.74. The Labute approximate surface area is 111 Å². The van der Waals surface area contributed by atoms with Gasteiger partial charge in [-0.2, -0.15) is 0 Å². The normalized spacial score (nSPS) is 26.1. The van der Waals surface area contributed by atoms with Crippen molar-refractivity contribution in [3.63, 3.8) is 0 Å². The summed E-state index contributed by atoms with van der Waals surface area (Å²) in [6.45, 7) is 8.43. The summed E-state index contributed by atoms with van der Waals surface area (Å²) in [6.07, 6.45) is -0.0343. The summed E-state index contributed by atoms with van der Waals surface area (Å²) in [6, 6.07) is 0. The molecule has 1 rings (SSSR count). The lowest BCUT2D eigenvalue weighted by Gasteiger charge is -2.24. The maximum atomic E-state index is 12.8. The molecule has 0 radical (unpaired) electrons. The second-order valence-corrected chi connectivity index (χ2v) is 7.85. The summed E-state index contributed by atoms with van der Waals surface area (Å²) in [5.74, 6) is 0.286. The van der Waals surface area contributed by atoms with E-state index in [2.05, 4.69) is 0 Å². The van der Waals surface area contributed by atoms with Crippen molar-refractivity contribution in [1.82, 2.24) is 0 Å². The second-order valence-electron chi connectivity index (χ2n) is 5.63. The van der Waals surface area contributed by atoms with Crippen molar-refractivity contribution in [3.8, 4) is 0 Å². The number of rotatable bonds is 7. The highest BCUT2D eigenvalue weighted by molar-refractivity contribution is 7.55. The Morgan fingerprint density at radius 3 is 2.11 bits per heavy atom. The maximum Gasteiger partial charge on any atom is 0.341 e.